The number of carbonyl (C=O) groups is 4. The van der Waals surface area contributed by atoms with Gasteiger partial charge in [-0.3, -0.25) is 24.1 Å². The van der Waals surface area contributed by atoms with Crippen LogP contribution in [-0.4, -0.2) is 33.4 Å². The fourth-order valence-electron chi connectivity index (χ4n) is 6.21. The molecule has 2 aromatic rings. The van der Waals surface area contributed by atoms with Gasteiger partial charge in [-0.25, -0.2) is 0 Å². The average molecular weight is 486 g/mol. The minimum atomic E-state index is -0.551. The average Bonchev–Trinajstić information content (AvgIpc) is 3.45. The second kappa shape index (κ2) is 7.99. The number of nitrogens with zero attached hydrogens (tertiary/aromatic N) is 1. The molecule has 4 aliphatic rings. The number of phenols is 1. The smallest absolute Gasteiger partial charge is 0.234 e. The number of hydrogen-bond donors (Lipinski definition) is 1. The number of amides is 2. The molecule has 0 saturated carbocycles. The number of carbonyl (C=O) groups excluding carboxylic acids is 4. The molecule has 6 nitrogen and oxygen atoms in total. The molecule has 4 unspecified atom stereocenters. The van der Waals surface area contributed by atoms with E-state index in [1.54, 1.807) is 31.2 Å². The van der Waals surface area contributed by atoms with Crippen LogP contribution in [0.2, 0.25) is 0 Å². The first-order valence-electron chi connectivity index (χ1n) is 11.7. The Bertz CT molecular complexity index is 1380. The Kier molecular flexibility index (Phi) is 5.00. The second-order valence-corrected chi connectivity index (χ2v) is 10.7. The van der Waals surface area contributed by atoms with E-state index in [9.17, 15) is 24.3 Å². The monoisotopic (exact) mass is 485 g/mol. The molecule has 2 heterocycles. The lowest BCUT2D eigenvalue weighted by molar-refractivity contribution is -0.140. The van der Waals surface area contributed by atoms with Gasteiger partial charge in [0.05, 0.1) is 18.4 Å². The normalized spacial score (nSPS) is 28.0. The SMILES string of the molecule is CC1=CC(=O)C2=C(CC3C(=CCC4C(=O)N(Cc5cccs5)C(=O)C43)C2c2ccc(O)cc2)C1=O. The van der Waals surface area contributed by atoms with Gasteiger partial charge < -0.3 is 5.11 Å². The lowest BCUT2D eigenvalue weighted by Gasteiger charge is -2.42. The third-order valence-corrected chi connectivity index (χ3v) is 8.64. The van der Waals surface area contributed by atoms with Crippen molar-refractivity contribution in [2.45, 2.75) is 32.2 Å². The summed E-state index contributed by atoms with van der Waals surface area (Å²) in [6.45, 7) is 1.90. The van der Waals surface area contributed by atoms with Gasteiger partial charge in [-0.05, 0) is 60.9 Å². The van der Waals surface area contributed by atoms with E-state index in [4.69, 9.17) is 0 Å². The Morgan fingerprint density at radius 3 is 2.51 bits per heavy atom. The number of Topliss-reactive ketones (excluding diaryl/α,β-unsaturated/α-hetero) is 1. The van der Waals surface area contributed by atoms with Crippen LogP contribution < -0.4 is 0 Å². The molecule has 1 aromatic carbocycles. The molecule has 1 aromatic heterocycles. The largest absolute Gasteiger partial charge is 0.508 e. The number of aromatic hydroxyl groups is 1. The first-order chi connectivity index (χ1) is 16.8. The van der Waals surface area contributed by atoms with Crippen molar-refractivity contribution in [3.8, 4) is 5.75 Å². The number of benzene rings is 1. The van der Waals surface area contributed by atoms with Crippen molar-refractivity contribution < 1.29 is 24.3 Å². The quantitative estimate of drug-likeness (QED) is 0.402. The molecular formula is C28H23NO5S. The molecule has 6 rings (SSSR count). The zero-order valence-electron chi connectivity index (χ0n) is 19.1. The molecule has 1 aliphatic heterocycles. The molecule has 7 heteroatoms. The van der Waals surface area contributed by atoms with Crippen LogP contribution in [0, 0.1) is 17.8 Å². The Balaban J connectivity index is 1.45. The Morgan fingerprint density at radius 1 is 1.03 bits per heavy atom. The van der Waals surface area contributed by atoms with E-state index in [1.165, 1.54) is 22.3 Å². The predicted molar refractivity (Wildman–Crippen MR) is 129 cm³/mol. The second-order valence-electron chi connectivity index (χ2n) is 9.66. The predicted octanol–water partition coefficient (Wildman–Crippen LogP) is 4.08. The summed E-state index contributed by atoms with van der Waals surface area (Å²) in [6, 6.07) is 10.5. The maximum absolute atomic E-state index is 13.7. The molecule has 3 aliphatic carbocycles. The molecule has 0 bridgehead atoms. The summed E-state index contributed by atoms with van der Waals surface area (Å²) < 4.78 is 0. The number of likely N-dealkylation sites (tertiary alicyclic amines) is 1. The minimum Gasteiger partial charge on any atom is -0.508 e. The lowest BCUT2D eigenvalue weighted by atomic mass is 9.59. The Labute approximate surface area is 206 Å². The molecule has 1 fully saturated rings. The molecule has 35 heavy (non-hydrogen) atoms. The minimum absolute atomic E-state index is 0.107. The Morgan fingerprint density at radius 2 is 1.80 bits per heavy atom. The molecule has 0 spiro atoms. The highest BCUT2D eigenvalue weighted by atomic mass is 32.1. The summed E-state index contributed by atoms with van der Waals surface area (Å²) in [6.07, 6.45) is 4.11. The Hall–Kier alpha value is -3.58. The molecule has 4 atom stereocenters. The van der Waals surface area contributed by atoms with E-state index in [1.807, 2.05) is 23.6 Å². The summed E-state index contributed by atoms with van der Waals surface area (Å²) >= 11 is 1.51. The topological polar surface area (TPSA) is 91.8 Å². The summed E-state index contributed by atoms with van der Waals surface area (Å²) in [5.74, 6) is -2.43. The number of fused-ring (bicyclic) bond motifs is 3. The molecule has 0 radical (unpaired) electrons. The van der Waals surface area contributed by atoms with Crippen LogP contribution in [0.1, 0.15) is 36.1 Å². The zero-order chi connectivity index (χ0) is 24.4. The van der Waals surface area contributed by atoms with E-state index in [0.29, 0.717) is 23.1 Å². The van der Waals surface area contributed by atoms with Gasteiger partial charge in [0.1, 0.15) is 5.75 Å². The number of phenolic OH excluding ortho intramolecular Hbond substituents is 1. The van der Waals surface area contributed by atoms with Gasteiger partial charge in [-0.15, -0.1) is 11.3 Å². The van der Waals surface area contributed by atoms with E-state index in [2.05, 4.69) is 0 Å². The number of rotatable bonds is 3. The highest BCUT2D eigenvalue weighted by Gasteiger charge is 2.56. The van der Waals surface area contributed by atoms with Crippen LogP contribution in [0.15, 0.2) is 76.2 Å². The van der Waals surface area contributed by atoms with E-state index in [0.717, 1.165) is 16.0 Å². The van der Waals surface area contributed by atoms with Crippen LogP contribution in [0.4, 0.5) is 0 Å². The highest BCUT2D eigenvalue weighted by molar-refractivity contribution is 7.09. The molecule has 1 N–H and O–H groups in total. The van der Waals surface area contributed by atoms with Gasteiger partial charge in [0.15, 0.2) is 11.6 Å². The summed E-state index contributed by atoms with van der Waals surface area (Å²) in [5, 5.41) is 11.7. The van der Waals surface area contributed by atoms with Gasteiger partial charge in [-0.1, -0.05) is 29.8 Å². The maximum Gasteiger partial charge on any atom is 0.234 e. The molecular weight excluding hydrogens is 462 g/mol. The molecule has 1 saturated heterocycles. The van der Waals surface area contributed by atoms with Crippen LogP contribution in [-0.2, 0) is 25.7 Å². The molecule has 2 amide bonds. The first kappa shape index (κ1) is 21.9. The van der Waals surface area contributed by atoms with Crippen LogP contribution in [0.3, 0.4) is 0 Å². The zero-order valence-corrected chi connectivity index (χ0v) is 19.9. The van der Waals surface area contributed by atoms with Crippen molar-refractivity contribution in [3.63, 3.8) is 0 Å². The summed E-state index contributed by atoms with van der Waals surface area (Å²) in [5.41, 5.74) is 3.01. The third kappa shape index (κ3) is 3.29. The van der Waals surface area contributed by atoms with Crippen LogP contribution >= 0.6 is 11.3 Å². The third-order valence-electron chi connectivity index (χ3n) is 7.77. The fraction of sp³-hybridized carbons (Fsp3) is 0.286. The standard InChI is InChI=1S/C28H23NO5S/c1-14-11-22(31)25-21(26(14)32)12-20-18(23(25)15-4-6-16(30)7-5-15)8-9-19-24(20)28(34)29(27(19)33)13-17-3-2-10-35-17/h2-8,10-11,19-20,23-24,30H,9,12-13H2,1H3. The summed E-state index contributed by atoms with van der Waals surface area (Å²) in [7, 11) is 0. The van der Waals surface area contributed by atoms with Gasteiger partial charge >= 0.3 is 0 Å². The summed E-state index contributed by atoms with van der Waals surface area (Å²) in [4.78, 5) is 55.7. The van der Waals surface area contributed by atoms with Crippen molar-refractivity contribution >= 4 is 34.7 Å². The number of imide groups is 1. The van der Waals surface area contributed by atoms with E-state index >= 15 is 0 Å². The fourth-order valence-corrected chi connectivity index (χ4v) is 6.90. The van der Waals surface area contributed by atoms with E-state index < -0.39 is 17.8 Å². The van der Waals surface area contributed by atoms with Crippen molar-refractivity contribution in [1.29, 1.82) is 0 Å². The van der Waals surface area contributed by atoms with Crippen LogP contribution in [0.25, 0.3) is 0 Å². The van der Waals surface area contributed by atoms with Gasteiger partial charge in [-0.2, -0.15) is 0 Å². The van der Waals surface area contributed by atoms with Crippen molar-refractivity contribution in [2.24, 2.45) is 17.8 Å². The lowest BCUT2D eigenvalue weighted by Crippen LogP contribution is -2.39. The van der Waals surface area contributed by atoms with Crippen molar-refractivity contribution in [2.75, 3.05) is 0 Å². The van der Waals surface area contributed by atoms with Gasteiger partial charge in [0, 0.05) is 27.5 Å². The maximum atomic E-state index is 13.7. The van der Waals surface area contributed by atoms with E-state index in [-0.39, 0.29) is 48.0 Å². The van der Waals surface area contributed by atoms with Crippen molar-refractivity contribution in [1.82, 2.24) is 4.90 Å². The van der Waals surface area contributed by atoms with Gasteiger partial charge in [0.2, 0.25) is 11.8 Å². The number of thiophene rings is 1. The number of hydrogen-bond acceptors (Lipinski definition) is 6. The number of allylic oxidation sites excluding steroid dienone is 6. The van der Waals surface area contributed by atoms with Gasteiger partial charge in [0.25, 0.3) is 0 Å². The number of ketones is 2. The molecule has 176 valence electrons. The highest BCUT2D eigenvalue weighted by Crippen LogP contribution is 2.55. The van der Waals surface area contributed by atoms with Crippen LogP contribution in [0.5, 0.6) is 5.75 Å². The van der Waals surface area contributed by atoms with Crippen molar-refractivity contribution in [3.05, 3.63) is 86.7 Å². The first-order valence-corrected chi connectivity index (χ1v) is 12.6.